The Balaban J connectivity index is 1.93. The Morgan fingerprint density at radius 2 is 1.59 bits per heavy atom. The molecular weight excluding hydrogens is 227 g/mol. The predicted octanol–water partition coefficient (Wildman–Crippen LogP) is 4.28. The van der Waals surface area contributed by atoms with Crippen molar-refractivity contribution >= 4 is 0 Å². The van der Waals surface area contributed by atoms with Crippen LogP contribution in [0.2, 0.25) is 0 Å². The molecule has 0 atom stereocenters. The number of nitrogens with one attached hydrogen (secondary N) is 1. The van der Waals surface area contributed by atoms with Crippen LogP contribution in [0.15, 0.2) is 0 Å². The molecule has 0 bridgehead atoms. The maximum atomic E-state index is 11.9. The first-order chi connectivity index (χ1) is 8.08. The Morgan fingerprint density at radius 3 is 2.18 bits per heavy atom. The number of hydrogen-bond acceptors (Lipinski definition) is 1. The van der Waals surface area contributed by atoms with Gasteiger partial charge in [-0.2, -0.15) is 13.2 Å². The fraction of sp³-hybridized carbons (Fsp3) is 1.00. The SMILES string of the molecule is FC(F)(F)CCCCNCC1CCCCCC1. The summed E-state index contributed by atoms with van der Waals surface area (Å²) < 4.78 is 35.6. The number of alkyl halides is 3. The predicted molar refractivity (Wildman–Crippen MR) is 64.0 cm³/mol. The molecule has 0 aromatic carbocycles. The maximum Gasteiger partial charge on any atom is 0.389 e. The summed E-state index contributed by atoms with van der Waals surface area (Å²) in [7, 11) is 0. The minimum atomic E-state index is -3.98. The Bertz CT molecular complexity index is 184. The zero-order valence-electron chi connectivity index (χ0n) is 10.5. The van der Waals surface area contributed by atoms with Crippen molar-refractivity contribution < 1.29 is 13.2 Å². The second-order valence-electron chi connectivity index (χ2n) is 5.13. The highest BCUT2D eigenvalue weighted by atomic mass is 19.4. The van der Waals surface area contributed by atoms with Crippen LogP contribution in [0.5, 0.6) is 0 Å². The van der Waals surface area contributed by atoms with Crippen LogP contribution in [-0.4, -0.2) is 19.3 Å². The van der Waals surface area contributed by atoms with Crippen LogP contribution >= 0.6 is 0 Å². The van der Waals surface area contributed by atoms with Gasteiger partial charge in [0.1, 0.15) is 0 Å². The van der Waals surface area contributed by atoms with Gasteiger partial charge in [0.25, 0.3) is 0 Å². The lowest BCUT2D eigenvalue weighted by molar-refractivity contribution is -0.135. The van der Waals surface area contributed by atoms with E-state index in [0.717, 1.165) is 19.0 Å². The second kappa shape index (κ2) is 7.96. The lowest BCUT2D eigenvalue weighted by Crippen LogP contribution is -2.23. The van der Waals surface area contributed by atoms with Crippen molar-refractivity contribution in [3.05, 3.63) is 0 Å². The molecule has 0 saturated heterocycles. The number of unbranched alkanes of at least 4 members (excludes halogenated alkanes) is 1. The summed E-state index contributed by atoms with van der Waals surface area (Å²) in [5, 5.41) is 3.30. The first-order valence-electron chi connectivity index (χ1n) is 6.85. The molecule has 0 aliphatic heterocycles. The number of halogens is 3. The highest BCUT2D eigenvalue weighted by molar-refractivity contribution is 4.67. The van der Waals surface area contributed by atoms with Crippen molar-refractivity contribution in [1.82, 2.24) is 5.32 Å². The van der Waals surface area contributed by atoms with Gasteiger partial charge in [-0.3, -0.25) is 0 Å². The molecule has 0 heterocycles. The third-order valence-electron chi connectivity index (χ3n) is 3.47. The quantitative estimate of drug-likeness (QED) is 0.549. The van der Waals surface area contributed by atoms with Gasteiger partial charge in [-0.25, -0.2) is 0 Å². The van der Waals surface area contributed by atoms with Gasteiger partial charge in [-0.05, 0) is 44.7 Å². The van der Waals surface area contributed by atoms with Crippen molar-refractivity contribution in [2.45, 2.75) is 64.0 Å². The van der Waals surface area contributed by atoms with Crippen LogP contribution in [0.1, 0.15) is 57.8 Å². The van der Waals surface area contributed by atoms with E-state index in [9.17, 15) is 13.2 Å². The molecule has 1 N–H and O–H groups in total. The summed E-state index contributed by atoms with van der Waals surface area (Å²) in [5.74, 6) is 0.750. The molecule has 0 spiro atoms. The molecule has 0 aromatic rings. The van der Waals surface area contributed by atoms with Gasteiger partial charge in [0.15, 0.2) is 0 Å². The number of hydrogen-bond donors (Lipinski definition) is 1. The zero-order chi connectivity index (χ0) is 12.6. The van der Waals surface area contributed by atoms with Crippen molar-refractivity contribution in [2.24, 2.45) is 5.92 Å². The topological polar surface area (TPSA) is 12.0 Å². The molecule has 17 heavy (non-hydrogen) atoms. The van der Waals surface area contributed by atoms with Crippen molar-refractivity contribution in [3.63, 3.8) is 0 Å². The molecule has 1 fully saturated rings. The molecule has 0 unspecified atom stereocenters. The van der Waals surface area contributed by atoms with Crippen LogP contribution in [0, 0.1) is 5.92 Å². The summed E-state index contributed by atoms with van der Waals surface area (Å²) >= 11 is 0. The molecule has 4 heteroatoms. The average Bonchev–Trinajstić information content (AvgIpc) is 2.50. The fourth-order valence-electron chi connectivity index (χ4n) is 2.45. The minimum absolute atomic E-state index is 0.251. The molecule has 0 amide bonds. The zero-order valence-corrected chi connectivity index (χ0v) is 10.5. The smallest absolute Gasteiger partial charge is 0.316 e. The highest BCUT2D eigenvalue weighted by Crippen LogP contribution is 2.23. The van der Waals surface area contributed by atoms with Crippen LogP contribution in [0.3, 0.4) is 0 Å². The van der Waals surface area contributed by atoms with Gasteiger partial charge in [0, 0.05) is 6.42 Å². The van der Waals surface area contributed by atoms with Gasteiger partial charge < -0.3 is 5.32 Å². The Hall–Kier alpha value is -0.250. The van der Waals surface area contributed by atoms with Gasteiger partial charge in [-0.1, -0.05) is 25.7 Å². The van der Waals surface area contributed by atoms with Crippen LogP contribution in [-0.2, 0) is 0 Å². The largest absolute Gasteiger partial charge is 0.389 e. The normalized spacial score (nSPS) is 19.2. The summed E-state index contributed by atoms with van der Waals surface area (Å²) in [6.07, 6.45) is 4.17. The molecule has 1 rings (SSSR count). The van der Waals surface area contributed by atoms with Crippen molar-refractivity contribution in [3.8, 4) is 0 Å². The van der Waals surface area contributed by atoms with Gasteiger partial charge in [0.2, 0.25) is 0 Å². The van der Waals surface area contributed by atoms with Crippen LogP contribution in [0.4, 0.5) is 13.2 Å². The second-order valence-corrected chi connectivity index (χ2v) is 5.13. The van der Waals surface area contributed by atoms with Crippen LogP contribution in [0.25, 0.3) is 0 Å². The standard InChI is InChI=1S/C13H24F3N/c14-13(15,16)9-5-6-10-17-11-12-7-3-1-2-4-8-12/h12,17H,1-11H2. The molecule has 1 nitrogen and oxygen atoms in total. The summed E-state index contributed by atoms with van der Waals surface area (Å²) in [6.45, 7) is 1.72. The minimum Gasteiger partial charge on any atom is -0.316 e. The van der Waals surface area contributed by atoms with E-state index >= 15 is 0 Å². The lowest BCUT2D eigenvalue weighted by atomic mass is 10.0. The average molecular weight is 251 g/mol. The van der Waals surface area contributed by atoms with Gasteiger partial charge in [0.05, 0.1) is 0 Å². The van der Waals surface area contributed by atoms with Crippen molar-refractivity contribution in [2.75, 3.05) is 13.1 Å². The molecule has 1 saturated carbocycles. The molecular formula is C13H24F3N. The summed E-state index contributed by atoms with van der Waals surface area (Å²) in [5.41, 5.74) is 0. The van der Waals surface area contributed by atoms with Crippen molar-refractivity contribution in [1.29, 1.82) is 0 Å². The first kappa shape index (κ1) is 14.8. The first-order valence-corrected chi connectivity index (χ1v) is 6.85. The van der Waals surface area contributed by atoms with Gasteiger partial charge >= 0.3 is 6.18 Å². The third-order valence-corrected chi connectivity index (χ3v) is 3.47. The Labute approximate surface area is 102 Å². The maximum absolute atomic E-state index is 11.9. The van der Waals surface area contributed by atoms with E-state index in [-0.39, 0.29) is 6.42 Å². The lowest BCUT2D eigenvalue weighted by Gasteiger charge is -2.14. The monoisotopic (exact) mass is 251 g/mol. The van der Waals surface area contributed by atoms with E-state index in [1.54, 1.807) is 0 Å². The van der Waals surface area contributed by atoms with Gasteiger partial charge in [-0.15, -0.1) is 0 Å². The van der Waals surface area contributed by atoms with Crippen LogP contribution < -0.4 is 5.32 Å². The molecule has 1 aliphatic carbocycles. The summed E-state index contributed by atoms with van der Waals surface area (Å²) in [4.78, 5) is 0. The van der Waals surface area contributed by atoms with E-state index < -0.39 is 12.6 Å². The molecule has 0 aromatic heterocycles. The van der Waals surface area contributed by atoms with E-state index in [0.29, 0.717) is 6.42 Å². The molecule has 102 valence electrons. The third kappa shape index (κ3) is 8.47. The molecule has 1 aliphatic rings. The summed E-state index contributed by atoms with van der Waals surface area (Å²) in [6, 6.07) is 0. The Morgan fingerprint density at radius 1 is 0.941 bits per heavy atom. The van der Waals surface area contributed by atoms with E-state index in [1.807, 2.05) is 0 Å². The Kier molecular flexibility index (Phi) is 6.93. The fourth-order valence-corrected chi connectivity index (χ4v) is 2.45. The van der Waals surface area contributed by atoms with E-state index in [4.69, 9.17) is 0 Å². The molecule has 0 radical (unpaired) electrons. The highest BCUT2D eigenvalue weighted by Gasteiger charge is 2.25. The number of rotatable bonds is 6. The van der Waals surface area contributed by atoms with E-state index in [1.165, 1.54) is 38.5 Å². The van der Waals surface area contributed by atoms with E-state index in [2.05, 4.69) is 5.32 Å².